The first kappa shape index (κ1) is 22.7. The number of allylic oxidation sites excluding steroid dienone is 1. The molecule has 0 aromatic heterocycles. The van der Waals surface area contributed by atoms with E-state index in [-0.39, 0.29) is 24.0 Å². The summed E-state index contributed by atoms with van der Waals surface area (Å²) in [6.45, 7) is 14.8. The number of hydrogen-bond donors (Lipinski definition) is 1. The van der Waals surface area contributed by atoms with Crippen LogP contribution in [-0.2, 0) is 0 Å². The number of halogens is 1. The van der Waals surface area contributed by atoms with E-state index in [0.29, 0.717) is 0 Å². The summed E-state index contributed by atoms with van der Waals surface area (Å²) in [7, 11) is 2.15. The second kappa shape index (κ2) is 14.1. The van der Waals surface area contributed by atoms with Gasteiger partial charge in [-0.1, -0.05) is 19.4 Å². The Hall–Kier alpha value is -0.300. The zero-order valence-corrected chi connectivity index (χ0v) is 17.7. The predicted molar refractivity (Wildman–Crippen MR) is 113 cm³/mol. The summed E-state index contributed by atoms with van der Waals surface area (Å²) in [5.41, 5.74) is 0. The molecule has 1 unspecified atom stereocenters. The maximum absolute atomic E-state index is 4.87. The first-order valence-electron chi connectivity index (χ1n) is 9.03. The average molecular weight is 436 g/mol. The topological polar surface area (TPSA) is 30.9 Å². The van der Waals surface area contributed by atoms with Crippen molar-refractivity contribution in [1.82, 2.24) is 15.1 Å². The van der Waals surface area contributed by atoms with Crippen LogP contribution in [0, 0.1) is 5.92 Å². The third kappa shape index (κ3) is 9.55. The normalized spacial score (nSPS) is 18.6. The summed E-state index contributed by atoms with van der Waals surface area (Å²) >= 11 is 0. The van der Waals surface area contributed by atoms with Gasteiger partial charge in [-0.05, 0) is 51.6 Å². The van der Waals surface area contributed by atoms with Crippen molar-refractivity contribution in [2.45, 2.75) is 46.0 Å². The van der Waals surface area contributed by atoms with Crippen LogP contribution in [0.4, 0.5) is 0 Å². The van der Waals surface area contributed by atoms with Crippen molar-refractivity contribution in [2.75, 3.05) is 46.3 Å². The van der Waals surface area contributed by atoms with E-state index >= 15 is 0 Å². The Balaban J connectivity index is 0.00000484. The molecule has 0 saturated carbocycles. The summed E-state index contributed by atoms with van der Waals surface area (Å²) in [5, 5.41) is 3.43. The average Bonchev–Trinajstić information content (AvgIpc) is 2.99. The van der Waals surface area contributed by atoms with Crippen LogP contribution in [0.2, 0.25) is 0 Å². The van der Waals surface area contributed by atoms with Gasteiger partial charge in [0.1, 0.15) is 0 Å². The predicted octanol–water partition coefficient (Wildman–Crippen LogP) is 3.59. The third-order valence-electron chi connectivity index (χ3n) is 4.41. The Kier molecular flexibility index (Phi) is 13.9. The van der Waals surface area contributed by atoms with Crippen LogP contribution in [0.1, 0.15) is 46.0 Å². The molecule has 4 nitrogen and oxygen atoms in total. The maximum Gasteiger partial charge on any atom is 0.193 e. The lowest BCUT2D eigenvalue weighted by molar-refractivity contribution is 0.343. The van der Waals surface area contributed by atoms with Gasteiger partial charge in [-0.15, -0.1) is 30.6 Å². The van der Waals surface area contributed by atoms with Gasteiger partial charge < -0.3 is 15.1 Å². The lowest BCUT2D eigenvalue weighted by Crippen LogP contribution is -2.39. The molecule has 0 bridgehead atoms. The Bertz CT molecular complexity index is 333. The zero-order chi connectivity index (χ0) is 16.2. The molecular weight excluding hydrogens is 399 g/mol. The van der Waals surface area contributed by atoms with Crippen molar-refractivity contribution >= 4 is 29.9 Å². The van der Waals surface area contributed by atoms with Crippen molar-refractivity contribution in [3.8, 4) is 0 Å². The molecule has 23 heavy (non-hydrogen) atoms. The molecule has 0 spiro atoms. The van der Waals surface area contributed by atoms with E-state index in [2.05, 4.69) is 42.6 Å². The number of likely N-dealkylation sites (tertiary alicyclic amines) is 1. The van der Waals surface area contributed by atoms with Crippen molar-refractivity contribution in [2.24, 2.45) is 10.9 Å². The van der Waals surface area contributed by atoms with Crippen molar-refractivity contribution in [1.29, 1.82) is 0 Å². The molecule has 0 aromatic rings. The second-order valence-electron chi connectivity index (χ2n) is 6.30. The molecule has 1 saturated heterocycles. The molecule has 1 heterocycles. The number of rotatable bonds is 10. The van der Waals surface area contributed by atoms with Crippen LogP contribution in [0.3, 0.4) is 0 Å². The molecular formula is C18H37IN4. The molecule has 0 radical (unpaired) electrons. The Labute approximate surface area is 160 Å². The standard InChI is InChI=1S/C18H36N4.HI/c1-5-8-9-10-11-13-21(4)18(19-6-2)20-15-17-12-14-22(7-3)16-17;/h5,17H,1,6-16H2,2-4H3,(H,19,20);1H. The van der Waals surface area contributed by atoms with Crippen molar-refractivity contribution < 1.29 is 0 Å². The molecule has 1 aliphatic heterocycles. The first-order chi connectivity index (χ1) is 10.7. The molecule has 0 aromatic carbocycles. The number of guanidine groups is 1. The quantitative estimate of drug-likeness (QED) is 0.187. The smallest absolute Gasteiger partial charge is 0.193 e. The molecule has 5 heteroatoms. The van der Waals surface area contributed by atoms with E-state index in [1.165, 1.54) is 45.3 Å². The minimum atomic E-state index is 0. The van der Waals surface area contributed by atoms with Crippen LogP contribution in [-0.4, -0.2) is 62.1 Å². The van der Waals surface area contributed by atoms with E-state index in [0.717, 1.165) is 37.9 Å². The van der Waals surface area contributed by atoms with Gasteiger partial charge in [0.05, 0.1) is 0 Å². The van der Waals surface area contributed by atoms with Gasteiger partial charge in [0.2, 0.25) is 0 Å². The number of nitrogens with zero attached hydrogens (tertiary/aromatic N) is 3. The lowest BCUT2D eigenvalue weighted by Gasteiger charge is -2.22. The minimum Gasteiger partial charge on any atom is -0.357 e. The maximum atomic E-state index is 4.87. The second-order valence-corrected chi connectivity index (χ2v) is 6.30. The molecule has 1 atom stereocenters. The van der Waals surface area contributed by atoms with Gasteiger partial charge in [0.25, 0.3) is 0 Å². The van der Waals surface area contributed by atoms with Crippen LogP contribution >= 0.6 is 24.0 Å². The van der Waals surface area contributed by atoms with Crippen LogP contribution in [0.5, 0.6) is 0 Å². The minimum absolute atomic E-state index is 0. The number of aliphatic imine (C=N–C) groups is 1. The van der Waals surface area contributed by atoms with Crippen LogP contribution in [0.15, 0.2) is 17.6 Å². The molecule has 1 N–H and O–H groups in total. The summed E-state index contributed by atoms with van der Waals surface area (Å²) in [5.74, 6) is 1.80. The van der Waals surface area contributed by atoms with Crippen LogP contribution < -0.4 is 5.32 Å². The summed E-state index contributed by atoms with van der Waals surface area (Å²) in [4.78, 5) is 9.67. The fourth-order valence-corrected chi connectivity index (χ4v) is 2.95. The molecule has 0 aliphatic carbocycles. The fourth-order valence-electron chi connectivity index (χ4n) is 2.95. The fraction of sp³-hybridized carbons (Fsp3) is 0.833. The summed E-state index contributed by atoms with van der Waals surface area (Å²) in [6.07, 6.45) is 8.18. The molecule has 1 fully saturated rings. The Morgan fingerprint density at radius 1 is 1.35 bits per heavy atom. The van der Waals surface area contributed by atoms with E-state index in [1.54, 1.807) is 0 Å². The Morgan fingerprint density at radius 2 is 2.13 bits per heavy atom. The summed E-state index contributed by atoms with van der Waals surface area (Å²) < 4.78 is 0. The molecule has 0 amide bonds. The van der Waals surface area contributed by atoms with E-state index in [1.807, 2.05) is 6.08 Å². The van der Waals surface area contributed by atoms with E-state index in [4.69, 9.17) is 4.99 Å². The highest BCUT2D eigenvalue weighted by Crippen LogP contribution is 2.15. The highest BCUT2D eigenvalue weighted by molar-refractivity contribution is 14.0. The monoisotopic (exact) mass is 436 g/mol. The van der Waals surface area contributed by atoms with E-state index in [9.17, 15) is 0 Å². The van der Waals surface area contributed by atoms with Gasteiger partial charge in [-0.3, -0.25) is 4.99 Å². The van der Waals surface area contributed by atoms with Gasteiger partial charge in [0.15, 0.2) is 5.96 Å². The van der Waals surface area contributed by atoms with Crippen molar-refractivity contribution in [3.63, 3.8) is 0 Å². The molecule has 1 rings (SSSR count). The first-order valence-corrected chi connectivity index (χ1v) is 9.03. The SMILES string of the molecule is C=CCCCCCN(C)C(=NCC1CCN(CC)C1)NCC.I. The zero-order valence-electron chi connectivity index (χ0n) is 15.4. The largest absolute Gasteiger partial charge is 0.357 e. The van der Waals surface area contributed by atoms with Gasteiger partial charge in [0, 0.05) is 33.2 Å². The van der Waals surface area contributed by atoms with Gasteiger partial charge in [-0.25, -0.2) is 0 Å². The van der Waals surface area contributed by atoms with Gasteiger partial charge >= 0.3 is 0 Å². The van der Waals surface area contributed by atoms with Crippen LogP contribution in [0.25, 0.3) is 0 Å². The highest BCUT2D eigenvalue weighted by atomic mass is 127. The van der Waals surface area contributed by atoms with Gasteiger partial charge in [-0.2, -0.15) is 0 Å². The molecule has 1 aliphatic rings. The highest BCUT2D eigenvalue weighted by Gasteiger charge is 2.20. The van der Waals surface area contributed by atoms with E-state index < -0.39 is 0 Å². The van der Waals surface area contributed by atoms with Crippen molar-refractivity contribution in [3.05, 3.63) is 12.7 Å². The third-order valence-corrected chi connectivity index (χ3v) is 4.41. The number of hydrogen-bond acceptors (Lipinski definition) is 2. The Morgan fingerprint density at radius 3 is 2.74 bits per heavy atom. The molecule has 136 valence electrons. The number of unbranched alkanes of at least 4 members (excludes halogenated alkanes) is 3. The number of nitrogens with one attached hydrogen (secondary N) is 1. The lowest BCUT2D eigenvalue weighted by atomic mass is 10.1. The summed E-state index contributed by atoms with van der Waals surface area (Å²) in [6, 6.07) is 0.